The molecule has 0 saturated carbocycles. The number of rotatable bonds is 10. The summed E-state index contributed by atoms with van der Waals surface area (Å²) in [5.41, 5.74) is 6.01. The summed E-state index contributed by atoms with van der Waals surface area (Å²) in [5.74, 6) is 0.926. The van der Waals surface area contributed by atoms with Crippen LogP contribution >= 0.6 is 0 Å². The van der Waals surface area contributed by atoms with Gasteiger partial charge in [-0.3, -0.25) is 4.79 Å². The Morgan fingerprint density at radius 1 is 1.10 bits per heavy atom. The third-order valence-corrected chi connectivity index (χ3v) is 3.23. The molecular weight excluding hydrogens is 256 g/mol. The minimum absolute atomic E-state index is 0.0153. The van der Waals surface area contributed by atoms with Crippen molar-refractivity contribution in [2.75, 3.05) is 27.3 Å². The molecule has 0 aliphatic heterocycles. The first kappa shape index (κ1) is 19.4. The van der Waals surface area contributed by atoms with Crippen LogP contribution in [0.4, 0.5) is 0 Å². The first-order valence-electron chi connectivity index (χ1n) is 7.41. The normalized spacial score (nSPS) is 13.3. The Labute approximate surface area is 123 Å². The summed E-state index contributed by atoms with van der Waals surface area (Å²) in [5, 5.41) is 0. The molecule has 0 aromatic rings. The minimum atomic E-state index is -0.448. The number of hydrogen-bond acceptors (Lipinski definition) is 4. The van der Waals surface area contributed by atoms with Crippen LogP contribution in [0.3, 0.4) is 0 Å². The van der Waals surface area contributed by atoms with E-state index >= 15 is 0 Å². The van der Waals surface area contributed by atoms with Gasteiger partial charge in [-0.15, -0.1) is 0 Å². The average molecular weight is 288 g/mol. The van der Waals surface area contributed by atoms with Crippen molar-refractivity contribution in [3.63, 3.8) is 0 Å². The fraction of sp³-hybridized carbons (Fsp3) is 0.933. The second-order valence-electron chi connectivity index (χ2n) is 6.10. The van der Waals surface area contributed by atoms with E-state index in [4.69, 9.17) is 15.2 Å². The number of amides is 1. The van der Waals surface area contributed by atoms with Crippen LogP contribution in [-0.4, -0.2) is 50.4 Å². The number of nitrogens with zero attached hydrogens (tertiary/aromatic N) is 1. The van der Waals surface area contributed by atoms with E-state index in [0.717, 1.165) is 6.42 Å². The Bertz CT molecular complexity index is 266. The molecule has 2 N–H and O–H groups in total. The summed E-state index contributed by atoms with van der Waals surface area (Å²) in [6.07, 6.45) is 1.24. The van der Waals surface area contributed by atoms with Crippen molar-refractivity contribution < 1.29 is 14.3 Å². The van der Waals surface area contributed by atoms with Gasteiger partial charge >= 0.3 is 0 Å². The molecule has 0 saturated heterocycles. The van der Waals surface area contributed by atoms with Crippen molar-refractivity contribution in [3.8, 4) is 0 Å². The molecule has 0 aromatic heterocycles. The highest BCUT2D eigenvalue weighted by Crippen LogP contribution is 2.10. The van der Waals surface area contributed by atoms with Crippen LogP contribution in [0.15, 0.2) is 0 Å². The number of hydrogen-bond donors (Lipinski definition) is 1. The van der Waals surface area contributed by atoms with Gasteiger partial charge in [0.1, 0.15) is 0 Å². The molecule has 0 fully saturated rings. The Kier molecular flexibility index (Phi) is 9.80. The van der Waals surface area contributed by atoms with Gasteiger partial charge < -0.3 is 20.1 Å². The second-order valence-corrected chi connectivity index (χ2v) is 6.10. The molecule has 0 heterocycles. The third kappa shape index (κ3) is 7.82. The molecule has 0 radical (unpaired) electrons. The van der Waals surface area contributed by atoms with E-state index < -0.39 is 12.3 Å². The van der Waals surface area contributed by atoms with E-state index in [1.165, 1.54) is 0 Å². The quantitative estimate of drug-likeness (QED) is 0.623. The van der Waals surface area contributed by atoms with Gasteiger partial charge in [0.2, 0.25) is 5.91 Å². The lowest BCUT2D eigenvalue weighted by Gasteiger charge is -2.29. The lowest BCUT2D eigenvalue weighted by atomic mass is 10.0. The van der Waals surface area contributed by atoms with Gasteiger partial charge in [0, 0.05) is 20.8 Å². The number of nitrogens with two attached hydrogens (primary N) is 1. The van der Waals surface area contributed by atoms with Gasteiger partial charge in [-0.25, -0.2) is 0 Å². The summed E-state index contributed by atoms with van der Waals surface area (Å²) in [6.45, 7) is 9.52. The highest BCUT2D eigenvalue weighted by atomic mass is 16.7. The molecular formula is C15H32N2O3. The molecule has 0 rings (SSSR count). The summed E-state index contributed by atoms with van der Waals surface area (Å²) < 4.78 is 10.4. The molecule has 0 aromatic carbocycles. The van der Waals surface area contributed by atoms with Crippen molar-refractivity contribution >= 4 is 5.91 Å². The van der Waals surface area contributed by atoms with E-state index in [1.807, 2.05) is 0 Å². The minimum Gasteiger partial charge on any atom is -0.354 e. The summed E-state index contributed by atoms with van der Waals surface area (Å²) in [7, 11) is 3.15. The van der Waals surface area contributed by atoms with Crippen LogP contribution in [0.2, 0.25) is 0 Å². The molecule has 1 atom stereocenters. The first-order valence-corrected chi connectivity index (χ1v) is 7.41. The van der Waals surface area contributed by atoms with Crippen molar-refractivity contribution in [2.45, 2.75) is 52.9 Å². The van der Waals surface area contributed by atoms with Crippen molar-refractivity contribution in [2.24, 2.45) is 17.6 Å². The number of ether oxygens (including phenoxy) is 2. The molecule has 0 aliphatic rings. The van der Waals surface area contributed by atoms with Crippen molar-refractivity contribution in [3.05, 3.63) is 0 Å². The molecule has 0 aliphatic carbocycles. The molecule has 1 amide bonds. The maximum Gasteiger partial charge on any atom is 0.239 e. The van der Waals surface area contributed by atoms with E-state index in [2.05, 4.69) is 27.7 Å². The Morgan fingerprint density at radius 2 is 1.65 bits per heavy atom. The van der Waals surface area contributed by atoms with E-state index in [0.29, 0.717) is 31.3 Å². The van der Waals surface area contributed by atoms with Gasteiger partial charge in [-0.05, 0) is 24.7 Å². The van der Waals surface area contributed by atoms with E-state index in [9.17, 15) is 4.79 Å². The summed E-state index contributed by atoms with van der Waals surface area (Å²) >= 11 is 0. The van der Waals surface area contributed by atoms with Crippen LogP contribution < -0.4 is 5.73 Å². The standard InChI is InChI=1S/C15H32N2O3/c1-11(2)7-8-17(10-14(19-5)20-6)15(18)13(16)9-12(3)4/h11-14H,7-10,16H2,1-6H3/t13-/m0/s1. The Morgan fingerprint density at radius 3 is 2.05 bits per heavy atom. The van der Waals surface area contributed by atoms with Crippen LogP contribution in [0.25, 0.3) is 0 Å². The molecule has 20 heavy (non-hydrogen) atoms. The van der Waals surface area contributed by atoms with Gasteiger partial charge in [0.05, 0.1) is 12.6 Å². The molecule has 0 spiro atoms. The van der Waals surface area contributed by atoms with Gasteiger partial charge in [-0.2, -0.15) is 0 Å². The SMILES string of the molecule is COC(CN(CCC(C)C)C(=O)[C@@H](N)CC(C)C)OC. The zero-order chi connectivity index (χ0) is 15.7. The molecule has 0 bridgehead atoms. The van der Waals surface area contributed by atoms with Crippen molar-refractivity contribution in [1.82, 2.24) is 4.90 Å². The highest BCUT2D eigenvalue weighted by Gasteiger charge is 2.24. The zero-order valence-corrected chi connectivity index (χ0v) is 13.9. The monoisotopic (exact) mass is 288 g/mol. The third-order valence-electron chi connectivity index (χ3n) is 3.23. The smallest absolute Gasteiger partial charge is 0.239 e. The fourth-order valence-electron chi connectivity index (χ4n) is 1.97. The molecule has 5 heteroatoms. The van der Waals surface area contributed by atoms with Gasteiger partial charge in [0.15, 0.2) is 6.29 Å². The van der Waals surface area contributed by atoms with Crippen LogP contribution in [0, 0.1) is 11.8 Å². The number of carbonyl (C=O) groups is 1. The maximum absolute atomic E-state index is 12.4. The van der Waals surface area contributed by atoms with E-state index in [-0.39, 0.29) is 5.91 Å². The Balaban J connectivity index is 4.67. The lowest BCUT2D eigenvalue weighted by molar-refractivity contribution is -0.147. The van der Waals surface area contributed by atoms with E-state index in [1.54, 1.807) is 19.1 Å². The maximum atomic E-state index is 12.4. The summed E-state index contributed by atoms with van der Waals surface area (Å²) in [6, 6.07) is -0.448. The topological polar surface area (TPSA) is 64.8 Å². The van der Waals surface area contributed by atoms with Crippen LogP contribution in [-0.2, 0) is 14.3 Å². The molecule has 0 unspecified atom stereocenters. The number of methoxy groups -OCH3 is 2. The second kappa shape index (κ2) is 10.1. The van der Waals surface area contributed by atoms with Gasteiger partial charge in [0.25, 0.3) is 0 Å². The largest absolute Gasteiger partial charge is 0.354 e. The van der Waals surface area contributed by atoms with Crippen LogP contribution in [0.5, 0.6) is 0 Å². The fourth-order valence-corrected chi connectivity index (χ4v) is 1.97. The zero-order valence-electron chi connectivity index (χ0n) is 13.9. The lowest BCUT2D eigenvalue weighted by Crippen LogP contribution is -2.48. The van der Waals surface area contributed by atoms with Crippen molar-refractivity contribution in [1.29, 1.82) is 0 Å². The van der Waals surface area contributed by atoms with Crippen LogP contribution in [0.1, 0.15) is 40.5 Å². The Hall–Kier alpha value is -0.650. The first-order chi connectivity index (χ1) is 9.31. The van der Waals surface area contributed by atoms with Gasteiger partial charge in [-0.1, -0.05) is 27.7 Å². The molecule has 5 nitrogen and oxygen atoms in total. The predicted molar refractivity (Wildman–Crippen MR) is 81.3 cm³/mol. The summed E-state index contributed by atoms with van der Waals surface area (Å²) in [4.78, 5) is 14.2. The predicted octanol–water partition coefficient (Wildman–Crippen LogP) is 1.85. The molecule has 120 valence electrons. The average Bonchev–Trinajstić information content (AvgIpc) is 2.37. The number of carbonyl (C=O) groups excluding carboxylic acids is 1. The highest BCUT2D eigenvalue weighted by molar-refractivity contribution is 5.81.